The van der Waals surface area contributed by atoms with Gasteiger partial charge in [-0.25, -0.2) is 0 Å². The van der Waals surface area contributed by atoms with Gasteiger partial charge in [-0.05, 0) is 31.7 Å². The summed E-state index contributed by atoms with van der Waals surface area (Å²) in [7, 11) is 1.90. The number of aliphatic hydroxyl groups excluding tert-OH is 1. The van der Waals surface area contributed by atoms with Gasteiger partial charge in [0.25, 0.3) is 5.91 Å². The topological polar surface area (TPSA) is 80.4 Å². The molecule has 3 aliphatic heterocycles. The van der Waals surface area contributed by atoms with Gasteiger partial charge in [-0.3, -0.25) is 4.79 Å². The van der Waals surface area contributed by atoms with Gasteiger partial charge in [0.2, 0.25) is 0 Å². The molecule has 2 aromatic heterocycles. The van der Waals surface area contributed by atoms with E-state index in [0.717, 1.165) is 54.7 Å². The third-order valence-electron chi connectivity index (χ3n) is 8.38. The van der Waals surface area contributed by atoms with E-state index in [1.54, 1.807) is 0 Å². The average molecular weight is 453 g/mol. The van der Waals surface area contributed by atoms with Gasteiger partial charge in [-0.15, -0.1) is 0 Å². The van der Waals surface area contributed by atoms with Crippen LogP contribution in [0.2, 0.25) is 0 Å². The number of para-hydroxylation sites is 2. The minimum absolute atomic E-state index is 0.0240. The standard InChI is InChI=1S/C27H24N4O3/c1-27-25(32)16(28-2)11-19(34-27)30-17-9-5-3-7-13(17)21-22-15(12-29-26(22)33)20-14-8-4-6-10-18(14)31(27)24(20)23(21)30/h3-10,16,19,25,28,32H,11-12H2,1-2H3,(H,29,33)/t16-,19+,25-,27-/m0/s1. The van der Waals surface area contributed by atoms with Crippen LogP contribution in [0, 0.1) is 0 Å². The highest BCUT2D eigenvalue weighted by atomic mass is 16.6. The van der Waals surface area contributed by atoms with E-state index in [1.807, 2.05) is 38.2 Å². The summed E-state index contributed by atoms with van der Waals surface area (Å²) in [5.74, 6) is -0.0240. The largest absolute Gasteiger partial charge is 0.386 e. The van der Waals surface area contributed by atoms with E-state index >= 15 is 0 Å². The number of aliphatic hydroxyl groups is 1. The highest BCUT2D eigenvalue weighted by Crippen LogP contribution is 2.53. The first-order valence-electron chi connectivity index (χ1n) is 11.9. The zero-order chi connectivity index (χ0) is 22.9. The van der Waals surface area contributed by atoms with E-state index in [2.05, 4.69) is 44.0 Å². The molecule has 1 fully saturated rings. The van der Waals surface area contributed by atoms with Crippen LogP contribution in [0.25, 0.3) is 43.6 Å². The summed E-state index contributed by atoms with van der Waals surface area (Å²) in [4.78, 5) is 13.3. The van der Waals surface area contributed by atoms with Crippen molar-refractivity contribution in [2.75, 3.05) is 7.05 Å². The van der Waals surface area contributed by atoms with Crippen molar-refractivity contribution in [3.05, 3.63) is 59.7 Å². The van der Waals surface area contributed by atoms with Crippen molar-refractivity contribution in [2.45, 2.75) is 44.0 Å². The van der Waals surface area contributed by atoms with Gasteiger partial charge in [0.15, 0.2) is 5.72 Å². The van der Waals surface area contributed by atoms with Crippen molar-refractivity contribution < 1.29 is 14.6 Å². The lowest BCUT2D eigenvalue weighted by Crippen LogP contribution is -2.58. The maximum Gasteiger partial charge on any atom is 0.252 e. The smallest absolute Gasteiger partial charge is 0.252 e. The molecular formula is C27H24N4O3. The molecule has 5 aromatic rings. The average Bonchev–Trinajstić information content (AvgIpc) is 3.48. The number of likely N-dealkylation sites (N-methyl/N-ethyl adjacent to an activating group) is 1. The van der Waals surface area contributed by atoms with E-state index in [4.69, 9.17) is 4.74 Å². The van der Waals surface area contributed by atoms with Gasteiger partial charge < -0.3 is 29.6 Å². The van der Waals surface area contributed by atoms with Crippen molar-refractivity contribution in [2.24, 2.45) is 0 Å². The molecule has 7 heteroatoms. The number of ether oxygens (including phenoxy) is 1. The number of aromatic nitrogens is 2. The van der Waals surface area contributed by atoms with E-state index in [9.17, 15) is 9.90 Å². The van der Waals surface area contributed by atoms with Crippen LogP contribution in [0.15, 0.2) is 48.5 Å². The number of rotatable bonds is 1. The van der Waals surface area contributed by atoms with Gasteiger partial charge in [-0.2, -0.15) is 0 Å². The zero-order valence-electron chi connectivity index (χ0n) is 18.9. The molecule has 3 N–H and O–H groups in total. The molecule has 3 aliphatic rings. The molecular weight excluding hydrogens is 428 g/mol. The molecule has 8 rings (SSSR count). The minimum Gasteiger partial charge on any atom is -0.386 e. The van der Waals surface area contributed by atoms with Gasteiger partial charge in [0.1, 0.15) is 12.3 Å². The van der Waals surface area contributed by atoms with Crippen LogP contribution in [-0.2, 0) is 17.0 Å². The van der Waals surface area contributed by atoms with E-state index < -0.39 is 11.8 Å². The predicted octanol–water partition coefficient (Wildman–Crippen LogP) is 3.70. The number of nitrogens with zero attached hydrogens (tertiary/aromatic N) is 2. The Kier molecular flexibility index (Phi) is 3.34. The quantitative estimate of drug-likeness (QED) is 0.362. The zero-order valence-corrected chi connectivity index (χ0v) is 18.9. The fourth-order valence-corrected chi connectivity index (χ4v) is 6.97. The normalized spacial score (nSPS) is 27.7. The van der Waals surface area contributed by atoms with Crippen molar-refractivity contribution in [3.63, 3.8) is 0 Å². The fraction of sp³-hybridized carbons (Fsp3) is 0.296. The number of fused-ring (bicyclic) bond motifs is 13. The summed E-state index contributed by atoms with van der Waals surface area (Å²) >= 11 is 0. The Bertz CT molecular complexity index is 1730. The van der Waals surface area contributed by atoms with Gasteiger partial charge in [0.05, 0.1) is 27.6 Å². The summed E-state index contributed by atoms with van der Waals surface area (Å²) in [6.07, 6.45) is -0.432. The molecule has 0 saturated carbocycles. The Labute approximate surface area is 194 Å². The molecule has 0 radical (unpaired) electrons. The molecule has 0 spiro atoms. The number of nitrogens with one attached hydrogen (secondary N) is 2. The van der Waals surface area contributed by atoms with E-state index in [-0.39, 0.29) is 18.2 Å². The van der Waals surface area contributed by atoms with E-state index in [0.29, 0.717) is 13.0 Å². The van der Waals surface area contributed by atoms with Crippen molar-refractivity contribution >= 4 is 49.5 Å². The first-order chi connectivity index (χ1) is 16.5. The van der Waals surface area contributed by atoms with Crippen LogP contribution in [-0.4, -0.2) is 39.3 Å². The Morgan fingerprint density at radius 3 is 2.53 bits per heavy atom. The van der Waals surface area contributed by atoms with Crippen LogP contribution in [0.3, 0.4) is 0 Å². The molecule has 1 amide bonds. The molecule has 2 bridgehead atoms. The van der Waals surface area contributed by atoms with Gasteiger partial charge >= 0.3 is 0 Å². The van der Waals surface area contributed by atoms with Crippen molar-refractivity contribution in [1.29, 1.82) is 0 Å². The third kappa shape index (κ3) is 1.92. The number of amides is 1. The number of carbonyl (C=O) groups is 1. The highest BCUT2D eigenvalue weighted by Gasteiger charge is 2.52. The third-order valence-corrected chi connectivity index (χ3v) is 8.38. The molecule has 4 atom stereocenters. The molecule has 1 saturated heterocycles. The second-order valence-corrected chi connectivity index (χ2v) is 9.93. The first kappa shape index (κ1) is 19.0. The highest BCUT2D eigenvalue weighted by molar-refractivity contribution is 6.31. The minimum atomic E-state index is -0.991. The second-order valence-electron chi connectivity index (χ2n) is 9.93. The monoisotopic (exact) mass is 452 g/mol. The molecule has 0 aliphatic carbocycles. The second kappa shape index (κ2) is 5.99. The Hall–Kier alpha value is -3.39. The molecule has 7 nitrogen and oxygen atoms in total. The summed E-state index contributed by atoms with van der Waals surface area (Å²) in [6.45, 7) is 2.49. The van der Waals surface area contributed by atoms with Crippen LogP contribution in [0.5, 0.6) is 0 Å². The molecule has 0 unspecified atom stereocenters. The lowest BCUT2D eigenvalue weighted by Gasteiger charge is -2.46. The Balaban J connectivity index is 1.74. The summed E-state index contributed by atoms with van der Waals surface area (Å²) < 4.78 is 11.3. The SMILES string of the molecule is CN[C@H]1C[C@H]2O[C@@](C)([C@H]1O)n1c3ccccc3c3c4c(c5c6ccccc6n2c5c31)C(=O)NC4. The molecule has 170 valence electrons. The maximum atomic E-state index is 13.3. The van der Waals surface area contributed by atoms with Gasteiger partial charge in [-0.1, -0.05) is 36.4 Å². The summed E-state index contributed by atoms with van der Waals surface area (Å²) in [5.41, 5.74) is 4.91. The van der Waals surface area contributed by atoms with Crippen LogP contribution < -0.4 is 10.6 Å². The van der Waals surface area contributed by atoms with Crippen LogP contribution >= 0.6 is 0 Å². The predicted molar refractivity (Wildman–Crippen MR) is 131 cm³/mol. The number of hydrogen-bond donors (Lipinski definition) is 3. The van der Waals surface area contributed by atoms with Crippen molar-refractivity contribution in [3.8, 4) is 0 Å². The maximum absolute atomic E-state index is 13.3. The van der Waals surface area contributed by atoms with E-state index in [1.165, 1.54) is 0 Å². The lowest BCUT2D eigenvalue weighted by molar-refractivity contribution is -0.249. The van der Waals surface area contributed by atoms with Crippen LogP contribution in [0.4, 0.5) is 0 Å². The number of benzene rings is 3. The molecule has 3 aromatic carbocycles. The van der Waals surface area contributed by atoms with Gasteiger partial charge in [0, 0.05) is 40.6 Å². The molecule has 5 heterocycles. The number of carbonyl (C=O) groups excluding carboxylic acids is 1. The molecule has 34 heavy (non-hydrogen) atoms. The Morgan fingerprint density at radius 1 is 1.06 bits per heavy atom. The Morgan fingerprint density at radius 2 is 1.76 bits per heavy atom. The summed E-state index contributed by atoms with van der Waals surface area (Å²) in [6, 6.07) is 16.4. The summed E-state index contributed by atoms with van der Waals surface area (Å²) in [5, 5.41) is 22.2. The lowest BCUT2D eigenvalue weighted by atomic mass is 9.93. The number of hydrogen-bond acceptors (Lipinski definition) is 4. The van der Waals surface area contributed by atoms with Crippen LogP contribution in [0.1, 0.15) is 35.5 Å². The fourth-order valence-electron chi connectivity index (χ4n) is 6.97. The first-order valence-corrected chi connectivity index (χ1v) is 11.9. The van der Waals surface area contributed by atoms with Crippen molar-refractivity contribution in [1.82, 2.24) is 19.8 Å².